The van der Waals surface area contributed by atoms with E-state index in [0.717, 1.165) is 5.56 Å². The summed E-state index contributed by atoms with van der Waals surface area (Å²) in [5.41, 5.74) is 1.93. The first-order valence-electron chi connectivity index (χ1n) is 7.85. The van der Waals surface area contributed by atoms with Gasteiger partial charge in [-0.15, -0.1) is 0 Å². The van der Waals surface area contributed by atoms with Crippen LogP contribution in [0.1, 0.15) is 26.3 Å². The standard InChI is InChI=1S/C18H19N3O3/c1-13-4-2-5-14(12-13)17(22)21-10-8-20(9-11-21)16-15(18(23)24)6-3-7-19-16/h2-7,12H,8-11H2,1H3,(H,23,24). The number of aromatic nitrogens is 1. The number of anilines is 1. The monoisotopic (exact) mass is 325 g/mol. The van der Waals surface area contributed by atoms with E-state index in [0.29, 0.717) is 37.6 Å². The second-order valence-corrected chi connectivity index (χ2v) is 5.83. The first kappa shape index (κ1) is 16.0. The Hall–Kier alpha value is -2.89. The topological polar surface area (TPSA) is 73.7 Å². The minimum Gasteiger partial charge on any atom is -0.478 e. The van der Waals surface area contributed by atoms with Gasteiger partial charge in [0.25, 0.3) is 5.91 Å². The zero-order chi connectivity index (χ0) is 17.1. The summed E-state index contributed by atoms with van der Waals surface area (Å²) in [6, 6.07) is 10.7. The maximum Gasteiger partial charge on any atom is 0.339 e. The summed E-state index contributed by atoms with van der Waals surface area (Å²) in [5.74, 6) is -0.512. The normalized spacial score (nSPS) is 14.5. The summed E-state index contributed by atoms with van der Waals surface area (Å²) < 4.78 is 0. The van der Waals surface area contributed by atoms with E-state index in [4.69, 9.17) is 0 Å². The van der Waals surface area contributed by atoms with E-state index in [9.17, 15) is 14.7 Å². The molecule has 0 aliphatic carbocycles. The van der Waals surface area contributed by atoms with Gasteiger partial charge in [0.05, 0.1) is 0 Å². The van der Waals surface area contributed by atoms with Crippen molar-refractivity contribution in [2.45, 2.75) is 6.92 Å². The highest BCUT2D eigenvalue weighted by Gasteiger charge is 2.25. The van der Waals surface area contributed by atoms with Gasteiger partial charge in [-0.1, -0.05) is 17.7 Å². The van der Waals surface area contributed by atoms with E-state index in [1.54, 1.807) is 23.2 Å². The van der Waals surface area contributed by atoms with Crippen LogP contribution in [0, 0.1) is 6.92 Å². The molecule has 0 atom stereocenters. The molecule has 0 unspecified atom stereocenters. The largest absolute Gasteiger partial charge is 0.478 e. The molecule has 24 heavy (non-hydrogen) atoms. The van der Waals surface area contributed by atoms with E-state index in [2.05, 4.69) is 4.98 Å². The van der Waals surface area contributed by atoms with E-state index in [1.165, 1.54) is 0 Å². The van der Waals surface area contributed by atoms with Crippen LogP contribution in [0.4, 0.5) is 5.82 Å². The first-order chi connectivity index (χ1) is 11.6. The summed E-state index contributed by atoms with van der Waals surface area (Å²) in [5, 5.41) is 9.28. The van der Waals surface area contributed by atoms with Crippen LogP contribution in [0.5, 0.6) is 0 Å². The zero-order valence-electron chi connectivity index (χ0n) is 13.5. The lowest BCUT2D eigenvalue weighted by molar-refractivity contribution is 0.0692. The van der Waals surface area contributed by atoms with Crippen molar-refractivity contribution in [3.63, 3.8) is 0 Å². The number of carbonyl (C=O) groups is 2. The van der Waals surface area contributed by atoms with Crippen LogP contribution < -0.4 is 4.90 Å². The lowest BCUT2D eigenvalue weighted by Crippen LogP contribution is -2.49. The van der Waals surface area contributed by atoms with Crippen molar-refractivity contribution in [1.29, 1.82) is 0 Å². The third kappa shape index (κ3) is 3.22. The molecule has 1 aliphatic heterocycles. The highest BCUT2D eigenvalue weighted by molar-refractivity contribution is 5.95. The number of benzene rings is 1. The molecule has 1 N–H and O–H groups in total. The molecule has 124 valence electrons. The van der Waals surface area contributed by atoms with Crippen molar-refractivity contribution in [1.82, 2.24) is 9.88 Å². The van der Waals surface area contributed by atoms with Crippen LogP contribution in [-0.4, -0.2) is 53.0 Å². The number of piperazine rings is 1. The Balaban J connectivity index is 1.70. The number of carboxylic acid groups (broad SMARTS) is 1. The molecule has 1 amide bonds. The Kier molecular flexibility index (Phi) is 4.46. The van der Waals surface area contributed by atoms with Gasteiger partial charge < -0.3 is 14.9 Å². The van der Waals surface area contributed by atoms with Gasteiger partial charge in [-0.2, -0.15) is 0 Å². The van der Waals surface area contributed by atoms with Crippen LogP contribution >= 0.6 is 0 Å². The summed E-state index contributed by atoms with van der Waals surface area (Å²) in [6.07, 6.45) is 1.59. The zero-order valence-corrected chi connectivity index (χ0v) is 13.5. The van der Waals surface area contributed by atoms with Gasteiger partial charge in [0.1, 0.15) is 11.4 Å². The molecule has 1 saturated heterocycles. The SMILES string of the molecule is Cc1cccc(C(=O)N2CCN(c3ncccc3C(=O)O)CC2)c1. The predicted molar refractivity (Wildman–Crippen MR) is 90.5 cm³/mol. The fourth-order valence-corrected chi connectivity index (χ4v) is 2.90. The Labute approximate surface area is 140 Å². The summed E-state index contributed by atoms with van der Waals surface area (Å²) in [7, 11) is 0. The minimum absolute atomic E-state index is 0.0119. The molecule has 0 bridgehead atoms. The van der Waals surface area contributed by atoms with Gasteiger partial charge in [0.15, 0.2) is 0 Å². The lowest BCUT2D eigenvalue weighted by Gasteiger charge is -2.36. The molecular formula is C18H19N3O3. The quantitative estimate of drug-likeness (QED) is 0.935. The van der Waals surface area contributed by atoms with Gasteiger partial charge >= 0.3 is 5.97 Å². The van der Waals surface area contributed by atoms with Gasteiger partial charge in [0, 0.05) is 37.9 Å². The number of carbonyl (C=O) groups excluding carboxylic acids is 1. The molecule has 6 heteroatoms. The molecule has 1 aromatic heterocycles. The van der Waals surface area contributed by atoms with Gasteiger partial charge in [-0.05, 0) is 31.2 Å². The molecule has 2 aromatic rings. The van der Waals surface area contributed by atoms with Crippen molar-refractivity contribution in [3.8, 4) is 0 Å². The predicted octanol–water partition coefficient (Wildman–Crippen LogP) is 2.05. The second kappa shape index (κ2) is 6.70. The van der Waals surface area contributed by atoms with Gasteiger partial charge in [0.2, 0.25) is 0 Å². The Morgan fingerprint density at radius 3 is 2.50 bits per heavy atom. The van der Waals surface area contributed by atoms with Crippen molar-refractivity contribution in [2.75, 3.05) is 31.1 Å². The molecule has 0 spiro atoms. The molecule has 1 aromatic carbocycles. The number of nitrogens with zero attached hydrogens (tertiary/aromatic N) is 3. The second-order valence-electron chi connectivity index (χ2n) is 5.83. The van der Waals surface area contributed by atoms with E-state index >= 15 is 0 Å². The van der Waals surface area contributed by atoms with Crippen LogP contribution in [0.3, 0.4) is 0 Å². The maximum atomic E-state index is 12.6. The van der Waals surface area contributed by atoms with Gasteiger partial charge in [-0.25, -0.2) is 9.78 Å². The van der Waals surface area contributed by atoms with Crippen LogP contribution in [0.2, 0.25) is 0 Å². The molecule has 0 saturated carbocycles. The van der Waals surface area contributed by atoms with E-state index in [1.807, 2.05) is 36.1 Å². The van der Waals surface area contributed by atoms with Crippen LogP contribution in [0.25, 0.3) is 0 Å². The number of hydrogen-bond donors (Lipinski definition) is 1. The fourth-order valence-electron chi connectivity index (χ4n) is 2.90. The van der Waals surface area contributed by atoms with Crippen molar-refractivity contribution >= 4 is 17.7 Å². The van der Waals surface area contributed by atoms with Crippen LogP contribution in [-0.2, 0) is 0 Å². The van der Waals surface area contributed by atoms with E-state index < -0.39 is 5.97 Å². The molecule has 0 radical (unpaired) electrons. The molecule has 3 rings (SSSR count). The fraction of sp³-hybridized carbons (Fsp3) is 0.278. The molecule has 2 heterocycles. The highest BCUT2D eigenvalue weighted by Crippen LogP contribution is 2.20. The number of rotatable bonds is 3. The van der Waals surface area contributed by atoms with Crippen molar-refractivity contribution in [2.24, 2.45) is 0 Å². The Morgan fingerprint density at radius 1 is 1.08 bits per heavy atom. The van der Waals surface area contributed by atoms with Crippen molar-refractivity contribution < 1.29 is 14.7 Å². The smallest absolute Gasteiger partial charge is 0.339 e. The Morgan fingerprint density at radius 2 is 1.83 bits per heavy atom. The third-order valence-corrected chi connectivity index (χ3v) is 4.15. The van der Waals surface area contributed by atoms with Crippen LogP contribution in [0.15, 0.2) is 42.6 Å². The van der Waals surface area contributed by atoms with Crippen molar-refractivity contribution in [3.05, 3.63) is 59.3 Å². The highest BCUT2D eigenvalue weighted by atomic mass is 16.4. The number of aryl methyl sites for hydroxylation is 1. The molecule has 1 fully saturated rings. The first-order valence-corrected chi connectivity index (χ1v) is 7.85. The van der Waals surface area contributed by atoms with E-state index in [-0.39, 0.29) is 11.5 Å². The average Bonchev–Trinajstić information content (AvgIpc) is 2.61. The Bertz CT molecular complexity index is 768. The maximum absolute atomic E-state index is 12.6. The molecular weight excluding hydrogens is 306 g/mol. The molecule has 6 nitrogen and oxygen atoms in total. The van der Waals surface area contributed by atoms with Gasteiger partial charge in [-0.3, -0.25) is 4.79 Å². The summed E-state index contributed by atoms with van der Waals surface area (Å²) in [6.45, 7) is 4.18. The molecule has 1 aliphatic rings. The lowest BCUT2D eigenvalue weighted by atomic mass is 10.1. The third-order valence-electron chi connectivity index (χ3n) is 4.15. The average molecular weight is 325 g/mol. The number of carboxylic acids is 1. The summed E-state index contributed by atoms with van der Waals surface area (Å²) >= 11 is 0. The number of amides is 1. The number of aromatic carboxylic acids is 1. The number of hydrogen-bond acceptors (Lipinski definition) is 4. The summed E-state index contributed by atoms with van der Waals surface area (Å²) in [4.78, 5) is 31.8. The minimum atomic E-state index is -0.989. The number of pyridine rings is 1.